The maximum absolute atomic E-state index is 12.6. The van der Waals surface area contributed by atoms with Crippen molar-refractivity contribution in [2.24, 2.45) is 47.3 Å². The highest BCUT2D eigenvalue weighted by molar-refractivity contribution is 4.98. The topological polar surface area (TPSA) is 9.23 Å². The van der Waals surface area contributed by atoms with Gasteiger partial charge >= 0.3 is 0 Å². The molecule has 3 heteroatoms. The van der Waals surface area contributed by atoms with Crippen molar-refractivity contribution < 1.29 is 13.5 Å². The predicted molar refractivity (Wildman–Crippen MR) is 142 cm³/mol. The number of rotatable bonds is 8. The molecule has 0 N–H and O–H groups in total. The van der Waals surface area contributed by atoms with E-state index in [0.717, 1.165) is 60.9 Å². The smallest absolute Gasteiger partial charge is 0.266 e. The Hall–Kier alpha value is -0.700. The minimum Gasteiger partial charge on any atom is -0.374 e. The summed E-state index contributed by atoms with van der Waals surface area (Å²) >= 11 is 0. The van der Waals surface area contributed by atoms with E-state index in [1.54, 1.807) is 0 Å². The molecule has 4 fully saturated rings. The Labute approximate surface area is 214 Å². The second kappa shape index (κ2) is 13.7. The van der Waals surface area contributed by atoms with Gasteiger partial charge in [-0.2, -0.15) is 8.78 Å². The van der Waals surface area contributed by atoms with E-state index in [1.165, 1.54) is 96.0 Å². The van der Waals surface area contributed by atoms with E-state index in [4.69, 9.17) is 4.74 Å². The molecule has 1 aliphatic heterocycles. The molecule has 3 aliphatic carbocycles. The molecular weight excluding hydrogens is 438 g/mol. The van der Waals surface area contributed by atoms with Gasteiger partial charge in [0, 0.05) is 0 Å². The Bertz CT molecular complexity index is 651. The van der Waals surface area contributed by atoms with Crippen LogP contribution in [0.3, 0.4) is 0 Å². The lowest BCUT2D eigenvalue weighted by Gasteiger charge is -2.41. The molecule has 4 rings (SSSR count). The fourth-order valence-electron chi connectivity index (χ4n) is 8.22. The number of hydrogen-bond acceptors (Lipinski definition) is 1. The van der Waals surface area contributed by atoms with Crippen molar-refractivity contribution in [3.8, 4) is 0 Å². The van der Waals surface area contributed by atoms with Crippen LogP contribution in [0.2, 0.25) is 0 Å². The van der Waals surface area contributed by atoms with Gasteiger partial charge in [0.05, 0.1) is 12.7 Å². The van der Waals surface area contributed by atoms with E-state index >= 15 is 0 Å². The Morgan fingerprint density at radius 2 is 1.23 bits per heavy atom. The van der Waals surface area contributed by atoms with Crippen molar-refractivity contribution in [3.63, 3.8) is 0 Å². The number of hydrogen-bond donors (Lipinski definition) is 0. The van der Waals surface area contributed by atoms with Crippen LogP contribution in [0.25, 0.3) is 0 Å². The Kier molecular flexibility index (Phi) is 10.7. The minimum atomic E-state index is -1.48. The molecule has 1 heterocycles. The highest BCUT2D eigenvalue weighted by Gasteiger charge is 2.34. The van der Waals surface area contributed by atoms with Gasteiger partial charge in [-0.3, -0.25) is 0 Å². The summed E-state index contributed by atoms with van der Waals surface area (Å²) in [5.41, 5.74) is 0. The van der Waals surface area contributed by atoms with Crippen LogP contribution in [0.4, 0.5) is 8.78 Å². The van der Waals surface area contributed by atoms with Crippen LogP contribution in [-0.2, 0) is 4.74 Å². The number of allylic oxidation sites excluding steroid dienone is 2. The monoisotopic (exact) mass is 490 g/mol. The summed E-state index contributed by atoms with van der Waals surface area (Å²) < 4.78 is 31.3. The first-order chi connectivity index (χ1) is 17.0. The first-order valence-corrected chi connectivity index (χ1v) is 15.3. The first-order valence-electron chi connectivity index (χ1n) is 15.3. The molecule has 0 amide bonds. The first kappa shape index (κ1) is 27.3. The van der Waals surface area contributed by atoms with E-state index in [1.807, 2.05) is 0 Å². The van der Waals surface area contributed by atoms with Gasteiger partial charge in [-0.05, 0) is 143 Å². The molecule has 0 aromatic rings. The van der Waals surface area contributed by atoms with Gasteiger partial charge < -0.3 is 4.74 Å². The van der Waals surface area contributed by atoms with E-state index in [2.05, 4.69) is 26.0 Å². The second-order valence-electron chi connectivity index (χ2n) is 12.8. The largest absolute Gasteiger partial charge is 0.374 e. The molecule has 0 aromatic heterocycles. The molecule has 4 aliphatic rings. The SMILES string of the molecule is CCCC(C)C1CCC(/C=C/C2CCC(C3CCC(C4CCC(C=C(F)F)CC4)CC3)CC2)OC1. The summed E-state index contributed by atoms with van der Waals surface area (Å²) in [5.74, 6) is 6.03. The average Bonchev–Trinajstić information content (AvgIpc) is 2.88. The van der Waals surface area contributed by atoms with Crippen LogP contribution < -0.4 is 0 Å². The van der Waals surface area contributed by atoms with Crippen molar-refractivity contribution in [1.29, 1.82) is 0 Å². The lowest BCUT2D eigenvalue weighted by atomic mass is 9.65. The minimum absolute atomic E-state index is 0.132. The highest BCUT2D eigenvalue weighted by atomic mass is 19.3. The molecule has 3 unspecified atom stereocenters. The van der Waals surface area contributed by atoms with Crippen LogP contribution in [0, 0.1) is 47.3 Å². The summed E-state index contributed by atoms with van der Waals surface area (Å²) in [4.78, 5) is 0. The normalized spacial score (nSPS) is 39.9. The van der Waals surface area contributed by atoms with E-state index < -0.39 is 6.08 Å². The van der Waals surface area contributed by atoms with Gasteiger partial charge in [0.15, 0.2) is 0 Å². The lowest BCUT2D eigenvalue weighted by Crippen LogP contribution is -2.30. The summed E-state index contributed by atoms with van der Waals surface area (Å²) in [6.45, 7) is 5.65. The standard InChI is InChI=1S/C32H52F2O/c1-3-4-23(2)30-18-20-31(35-22-30)19-9-24-5-10-26(11-6-24)28-14-16-29(17-15-28)27-12-7-25(8-13-27)21-32(33)34/h9,19,21,23-31H,3-8,10-18,20,22H2,1-2H3/b19-9+. The molecule has 3 saturated carbocycles. The summed E-state index contributed by atoms with van der Waals surface area (Å²) in [7, 11) is 0. The van der Waals surface area contributed by atoms with Crippen molar-refractivity contribution in [2.45, 2.75) is 123 Å². The van der Waals surface area contributed by atoms with Crippen LogP contribution in [0.5, 0.6) is 0 Å². The molecular formula is C32H52F2O. The van der Waals surface area contributed by atoms with Crippen LogP contribution in [0.1, 0.15) is 117 Å². The van der Waals surface area contributed by atoms with Crippen LogP contribution >= 0.6 is 0 Å². The third-order valence-electron chi connectivity index (χ3n) is 10.6. The van der Waals surface area contributed by atoms with Crippen molar-refractivity contribution in [1.82, 2.24) is 0 Å². The summed E-state index contributed by atoms with van der Waals surface area (Å²) in [5, 5.41) is 0. The molecule has 3 atom stereocenters. The zero-order chi connectivity index (χ0) is 24.6. The number of halogens is 2. The summed E-state index contributed by atoms with van der Waals surface area (Å²) in [6.07, 6.45) is 25.7. The predicted octanol–water partition coefficient (Wildman–Crippen LogP) is 9.97. The maximum Gasteiger partial charge on any atom is 0.266 e. The quantitative estimate of drug-likeness (QED) is 0.308. The third kappa shape index (κ3) is 8.14. The summed E-state index contributed by atoms with van der Waals surface area (Å²) in [6, 6.07) is 0. The zero-order valence-electron chi connectivity index (χ0n) is 22.6. The molecule has 1 nitrogen and oxygen atoms in total. The molecule has 0 radical (unpaired) electrons. The van der Waals surface area contributed by atoms with Crippen molar-refractivity contribution >= 4 is 0 Å². The molecule has 0 bridgehead atoms. The Balaban J connectivity index is 1.11. The van der Waals surface area contributed by atoms with E-state index in [0.29, 0.717) is 6.10 Å². The molecule has 0 aromatic carbocycles. The lowest BCUT2D eigenvalue weighted by molar-refractivity contribution is -0.00707. The van der Waals surface area contributed by atoms with Crippen LogP contribution in [0.15, 0.2) is 24.3 Å². The van der Waals surface area contributed by atoms with Gasteiger partial charge in [0.25, 0.3) is 6.08 Å². The number of ether oxygens (including phenoxy) is 1. The average molecular weight is 491 g/mol. The second-order valence-corrected chi connectivity index (χ2v) is 12.8. The highest BCUT2D eigenvalue weighted by Crippen LogP contribution is 2.46. The van der Waals surface area contributed by atoms with Gasteiger partial charge in [0.2, 0.25) is 0 Å². The van der Waals surface area contributed by atoms with Gasteiger partial charge in [-0.25, -0.2) is 0 Å². The molecule has 1 saturated heterocycles. The maximum atomic E-state index is 12.6. The van der Waals surface area contributed by atoms with Gasteiger partial charge in [-0.15, -0.1) is 0 Å². The van der Waals surface area contributed by atoms with E-state index in [-0.39, 0.29) is 5.92 Å². The fourth-order valence-corrected chi connectivity index (χ4v) is 8.22. The molecule has 0 spiro atoms. The Morgan fingerprint density at radius 3 is 1.69 bits per heavy atom. The Morgan fingerprint density at radius 1 is 0.714 bits per heavy atom. The van der Waals surface area contributed by atoms with Crippen molar-refractivity contribution in [3.05, 3.63) is 24.3 Å². The van der Waals surface area contributed by atoms with Crippen molar-refractivity contribution in [2.75, 3.05) is 6.61 Å². The van der Waals surface area contributed by atoms with Crippen LogP contribution in [-0.4, -0.2) is 12.7 Å². The van der Waals surface area contributed by atoms with E-state index in [9.17, 15) is 8.78 Å². The zero-order valence-corrected chi connectivity index (χ0v) is 22.6. The van der Waals surface area contributed by atoms with Gasteiger partial charge in [0.1, 0.15) is 0 Å². The molecule has 35 heavy (non-hydrogen) atoms. The third-order valence-corrected chi connectivity index (χ3v) is 10.6. The fraction of sp³-hybridized carbons (Fsp3) is 0.875. The van der Waals surface area contributed by atoms with Gasteiger partial charge in [-0.1, -0.05) is 38.8 Å². The molecule has 200 valence electrons.